The van der Waals surface area contributed by atoms with Crippen LogP contribution in [0, 0.1) is 0 Å². The van der Waals surface area contributed by atoms with Gasteiger partial charge in [-0.25, -0.2) is 0 Å². The smallest absolute Gasteiger partial charge is 0.138 e. The first-order chi connectivity index (χ1) is 9.67. The summed E-state index contributed by atoms with van der Waals surface area (Å²) in [5.41, 5.74) is 0. The van der Waals surface area contributed by atoms with Crippen LogP contribution in [0.1, 0.15) is 6.42 Å². The standard InChI is InChI=1S/C14H22ClNO4/c1-19-9-11(6-7-17)16-8-12(18)10-20-14-5-3-2-4-13(14)15/h2-5,11-12,16-18H,6-10H2,1H3. The molecule has 2 atom stereocenters. The molecule has 0 bridgehead atoms. The fraction of sp³-hybridized carbons (Fsp3) is 0.571. The Morgan fingerprint density at radius 3 is 2.70 bits per heavy atom. The largest absolute Gasteiger partial charge is 0.489 e. The van der Waals surface area contributed by atoms with E-state index in [0.29, 0.717) is 30.3 Å². The minimum absolute atomic E-state index is 0.0139. The highest BCUT2D eigenvalue weighted by molar-refractivity contribution is 6.32. The van der Waals surface area contributed by atoms with Crippen molar-refractivity contribution < 1.29 is 19.7 Å². The number of para-hydroxylation sites is 1. The van der Waals surface area contributed by atoms with E-state index in [1.165, 1.54) is 0 Å². The van der Waals surface area contributed by atoms with Gasteiger partial charge in [-0.05, 0) is 18.6 Å². The lowest BCUT2D eigenvalue weighted by atomic mass is 10.2. The second-order valence-electron chi connectivity index (χ2n) is 4.47. The Labute approximate surface area is 124 Å². The van der Waals surface area contributed by atoms with Crippen LogP contribution in [0.15, 0.2) is 24.3 Å². The molecule has 0 radical (unpaired) electrons. The summed E-state index contributed by atoms with van der Waals surface area (Å²) in [5.74, 6) is 0.553. The third-order valence-electron chi connectivity index (χ3n) is 2.76. The van der Waals surface area contributed by atoms with Crippen LogP contribution in [-0.4, -0.2) is 55.8 Å². The van der Waals surface area contributed by atoms with Crippen LogP contribution in [0.4, 0.5) is 0 Å². The van der Waals surface area contributed by atoms with Crippen molar-refractivity contribution in [2.45, 2.75) is 18.6 Å². The van der Waals surface area contributed by atoms with Gasteiger partial charge in [0.15, 0.2) is 0 Å². The summed E-state index contributed by atoms with van der Waals surface area (Å²) in [6.45, 7) is 1.07. The second-order valence-corrected chi connectivity index (χ2v) is 4.88. The average Bonchev–Trinajstić information content (AvgIpc) is 2.44. The van der Waals surface area contributed by atoms with Crippen molar-refractivity contribution in [3.8, 4) is 5.75 Å². The van der Waals surface area contributed by atoms with E-state index in [1.807, 2.05) is 12.1 Å². The fourth-order valence-electron chi connectivity index (χ4n) is 1.71. The van der Waals surface area contributed by atoms with E-state index < -0.39 is 6.10 Å². The van der Waals surface area contributed by atoms with Gasteiger partial charge < -0.3 is 25.0 Å². The maximum atomic E-state index is 9.85. The molecule has 0 fully saturated rings. The number of nitrogens with one attached hydrogen (secondary N) is 1. The summed E-state index contributed by atoms with van der Waals surface area (Å²) in [7, 11) is 1.60. The van der Waals surface area contributed by atoms with Crippen molar-refractivity contribution in [1.29, 1.82) is 0 Å². The van der Waals surface area contributed by atoms with E-state index in [9.17, 15) is 5.11 Å². The lowest BCUT2D eigenvalue weighted by Crippen LogP contribution is -2.40. The first-order valence-corrected chi connectivity index (χ1v) is 6.93. The van der Waals surface area contributed by atoms with E-state index in [2.05, 4.69) is 5.32 Å². The van der Waals surface area contributed by atoms with Gasteiger partial charge in [0, 0.05) is 26.3 Å². The lowest BCUT2D eigenvalue weighted by molar-refractivity contribution is 0.0920. The van der Waals surface area contributed by atoms with Gasteiger partial charge in [0.25, 0.3) is 0 Å². The Balaban J connectivity index is 2.29. The van der Waals surface area contributed by atoms with Gasteiger partial charge in [-0.3, -0.25) is 0 Å². The van der Waals surface area contributed by atoms with E-state index in [4.69, 9.17) is 26.2 Å². The number of halogens is 1. The predicted octanol–water partition coefficient (Wildman–Crippen LogP) is 1.07. The topological polar surface area (TPSA) is 71.0 Å². The van der Waals surface area contributed by atoms with Crippen molar-refractivity contribution >= 4 is 11.6 Å². The molecule has 0 amide bonds. The second kappa shape index (κ2) is 9.96. The normalized spacial score (nSPS) is 14.0. The summed E-state index contributed by atoms with van der Waals surface area (Å²) in [5, 5.41) is 22.4. The average molecular weight is 304 g/mol. The molecule has 114 valence electrons. The van der Waals surface area contributed by atoms with E-state index in [0.717, 1.165) is 0 Å². The molecule has 6 heteroatoms. The van der Waals surface area contributed by atoms with Crippen LogP contribution < -0.4 is 10.1 Å². The van der Waals surface area contributed by atoms with E-state index in [1.54, 1.807) is 19.2 Å². The third-order valence-corrected chi connectivity index (χ3v) is 3.07. The molecule has 5 nitrogen and oxygen atoms in total. The van der Waals surface area contributed by atoms with Crippen molar-refractivity contribution in [2.24, 2.45) is 0 Å². The number of aliphatic hydroxyl groups excluding tert-OH is 2. The molecule has 1 aromatic rings. The number of methoxy groups -OCH3 is 1. The van der Waals surface area contributed by atoms with Crippen LogP contribution in [-0.2, 0) is 4.74 Å². The van der Waals surface area contributed by atoms with Crippen molar-refractivity contribution in [3.63, 3.8) is 0 Å². The molecule has 0 aliphatic heterocycles. The third kappa shape index (κ3) is 6.54. The Morgan fingerprint density at radius 1 is 1.30 bits per heavy atom. The molecule has 3 N–H and O–H groups in total. The van der Waals surface area contributed by atoms with Crippen molar-refractivity contribution in [3.05, 3.63) is 29.3 Å². The number of hydrogen-bond donors (Lipinski definition) is 3. The molecule has 0 spiro atoms. The fourth-order valence-corrected chi connectivity index (χ4v) is 1.90. The molecule has 0 aliphatic rings. The minimum Gasteiger partial charge on any atom is -0.489 e. The van der Waals surface area contributed by atoms with Crippen molar-refractivity contribution in [1.82, 2.24) is 5.32 Å². The molecule has 0 saturated heterocycles. The van der Waals surface area contributed by atoms with Gasteiger partial charge in [0.05, 0.1) is 11.6 Å². The highest BCUT2D eigenvalue weighted by Gasteiger charge is 2.11. The van der Waals surface area contributed by atoms with Crippen LogP contribution in [0.25, 0.3) is 0 Å². The summed E-state index contributed by atoms with van der Waals surface area (Å²) in [4.78, 5) is 0. The first-order valence-electron chi connectivity index (χ1n) is 6.56. The molecule has 1 rings (SSSR count). The molecule has 0 aromatic heterocycles. The predicted molar refractivity (Wildman–Crippen MR) is 78.3 cm³/mol. The Morgan fingerprint density at radius 2 is 2.05 bits per heavy atom. The van der Waals surface area contributed by atoms with Crippen LogP contribution in [0.3, 0.4) is 0 Å². The van der Waals surface area contributed by atoms with E-state index in [-0.39, 0.29) is 19.3 Å². The zero-order valence-corrected chi connectivity index (χ0v) is 12.3. The maximum absolute atomic E-state index is 9.85. The number of rotatable bonds is 10. The Hall–Kier alpha value is -0.850. The molecular weight excluding hydrogens is 282 g/mol. The van der Waals surface area contributed by atoms with Crippen LogP contribution in [0.2, 0.25) is 5.02 Å². The van der Waals surface area contributed by atoms with Gasteiger partial charge in [-0.15, -0.1) is 0 Å². The maximum Gasteiger partial charge on any atom is 0.138 e. The summed E-state index contributed by atoms with van der Waals surface area (Å²) < 4.78 is 10.5. The summed E-state index contributed by atoms with van der Waals surface area (Å²) >= 11 is 5.95. The zero-order valence-electron chi connectivity index (χ0n) is 11.6. The molecule has 1 aromatic carbocycles. The number of hydrogen-bond acceptors (Lipinski definition) is 5. The number of ether oxygens (including phenoxy) is 2. The van der Waals surface area contributed by atoms with Crippen molar-refractivity contribution in [2.75, 3.05) is 33.5 Å². The summed E-state index contributed by atoms with van der Waals surface area (Å²) in [6.07, 6.45) is -0.0873. The van der Waals surface area contributed by atoms with E-state index >= 15 is 0 Å². The highest BCUT2D eigenvalue weighted by Crippen LogP contribution is 2.22. The summed E-state index contributed by atoms with van der Waals surface area (Å²) in [6, 6.07) is 7.14. The molecular formula is C14H22ClNO4. The van der Waals surface area contributed by atoms with Gasteiger partial charge >= 0.3 is 0 Å². The Bertz CT molecular complexity index is 372. The van der Waals surface area contributed by atoms with Gasteiger partial charge in [0.1, 0.15) is 18.5 Å². The molecule has 20 heavy (non-hydrogen) atoms. The highest BCUT2D eigenvalue weighted by atomic mass is 35.5. The van der Waals surface area contributed by atoms with Gasteiger partial charge in [0.2, 0.25) is 0 Å². The van der Waals surface area contributed by atoms with Crippen LogP contribution in [0.5, 0.6) is 5.75 Å². The molecule has 2 unspecified atom stereocenters. The number of benzene rings is 1. The minimum atomic E-state index is -0.663. The number of aliphatic hydroxyl groups is 2. The van der Waals surface area contributed by atoms with Gasteiger partial charge in [-0.1, -0.05) is 23.7 Å². The van der Waals surface area contributed by atoms with Gasteiger partial charge in [-0.2, -0.15) is 0 Å². The molecule has 0 heterocycles. The monoisotopic (exact) mass is 303 g/mol. The molecule has 0 saturated carbocycles. The lowest BCUT2D eigenvalue weighted by Gasteiger charge is -2.19. The van der Waals surface area contributed by atoms with Crippen LogP contribution >= 0.6 is 11.6 Å². The zero-order chi connectivity index (χ0) is 14.8. The molecule has 0 aliphatic carbocycles. The quantitative estimate of drug-likeness (QED) is 0.603. The SMILES string of the molecule is COCC(CCO)NCC(O)COc1ccccc1Cl. The first kappa shape index (κ1) is 17.2. The Kier molecular flexibility index (Phi) is 8.57.